The molecule has 2 aromatic rings. The summed E-state index contributed by atoms with van der Waals surface area (Å²) in [5.41, 5.74) is 0.610. The highest BCUT2D eigenvalue weighted by molar-refractivity contribution is 8.00. The van der Waals surface area contributed by atoms with Crippen LogP contribution >= 0.6 is 11.8 Å². The van der Waals surface area contributed by atoms with Crippen LogP contribution < -0.4 is 15.4 Å². The zero-order valence-electron chi connectivity index (χ0n) is 13.5. The van der Waals surface area contributed by atoms with Crippen LogP contribution in [0.5, 0.6) is 5.75 Å². The number of hydrogen-bond donors (Lipinski definition) is 2. The molecule has 0 bridgehead atoms. The van der Waals surface area contributed by atoms with Gasteiger partial charge in [0.05, 0.1) is 12.9 Å². The molecule has 0 aliphatic heterocycles. The number of thioether (sulfide) groups is 1. The number of benzene rings is 2. The van der Waals surface area contributed by atoms with Gasteiger partial charge in [-0.05, 0) is 36.4 Å². The third kappa shape index (κ3) is 5.96. The van der Waals surface area contributed by atoms with Crippen molar-refractivity contribution in [3.63, 3.8) is 0 Å². The van der Waals surface area contributed by atoms with E-state index in [1.165, 1.54) is 11.8 Å². The normalized spacial score (nSPS) is 10.0. The molecule has 2 rings (SSSR count). The number of ether oxygens (including phenoxy) is 1. The molecule has 0 atom stereocenters. The molecule has 2 amide bonds. The highest BCUT2D eigenvalue weighted by Crippen LogP contribution is 2.20. The summed E-state index contributed by atoms with van der Waals surface area (Å²) in [6.45, 7) is 0.799. The molecule has 2 aromatic carbocycles. The van der Waals surface area contributed by atoms with Crippen LogP contribution in [0, 0.1) is 0 Å². The Hall–Kier alpha value is -2.47. The van der Waals surface area contributed by atoms with Crippen molar-refractivity contribution in [2.45, 2.75) is 4.90 Å². The molecule has 0 aliphatic rings. The van der Waals surface area contributed by atoms with E-state index in [-0.39, 0.29) is 11.8 Å². The zero-order valence-corrected chi connectivity index (χ0v) is 14.3. The van der Waals surface area contributed by atoms with Gasteiger partial charge in [0.1, 0.15) is 5.75 Å². The molecule has 0 saturated carbocycles. The van der Waals surface area contributed by atoms with Crippen molar-refractivity contribution < 1.29 is 14.3 Å². The lowest BCUT2D eigenvalue weighted by molar-refractivity contribution is -0.118. The van der Waals surface area contributed by atoms with Gasteiger partial charge in [0.15, 0.2) is 0 Å². The molecular weight excluding hydrogens is 324 g/mol. The number of nitrogens with one attached hydrogen (secondary N) is 2. The molecule has 0 radical (unpaired) electrons. The van der Waals surface area contributed by atoms with E-state index in [2.05, 4.69) is 10.6 Å². The molecule has 0 unspecified atom stereocenters. The van der Waals surface area contributed by atoms with Gasteiger partial charge in [0, 0.05) is 23.5 Å². The minimum Gasteiger partial charge on any atom is -0.497 e. The molecule has 0 fully saturated rings. The Morgan fingerprint density at radius 3 is 2.29 bits per heavy atom. The first-order chi connectivity index (χ1) is 11.7. The van der Waals surface area contributed by atoms with Crippen molar-refractivity contribution in [3.8, 4) is 5.75 Å². The minimum absolute atomic E-state index is 0.0650. The summed E-state index contributed by atoms with van der Waals surface area (Å²) in [5, 5.41) is 5.55. The van der Waals surface area contributed by atoms with Crippen molar-refractivity contribution in [2.24, 2.45) is 0 Å². The summed E-state index contributed by atoms with van der Waals surface area (Å²) < 4.78 is 5.09. The lowest BCUT2D eigenvalue weighted by Gasteiger charge is -2.07. The molecule has 24 heavy (non-hydrogen) atoms. The van der Waals surface area contributed by atoms with Gasteiger partial charge in [0.2, 0.25) is 5.91 Å². The maximum atomic E-state index is 11.8. The van der Waals surface area contributed by atoms with Crippen molar-refractivity contribution in [2.75, 3.05) is 26.0 Å². The minimum atomic E-state index is -0.141. The van der Waals surface area contributed by atoms with Gasteiger partial charge in [-0.15, -0.1) is 11.8 Å². The summed E-state index contributed by atoms with van der Waals surface area (Å²) in [5.74, 6) is 0.916. The van der Waals surface area contributed by atoms with E-state index in [0.29, 0.717) is 24.4 Å². The zero-order chi connectivity index (χ0) is 17.2. The van der Waals surface area contributed by atoms with E-state index in [1.54, 1.807) is 19.2 Å². The van der Waals surface area contributed by atoms with Crippen LogP contribution in [0.1, 0.15) is 10.4 Å². The van der Waals surface area contributed by atoms with Gasteiger partial charge in [-0.2, -0.15) is 0 Å². The van der Waals surface area contributed by atoms with Gasteiger partial charge < -0.3 is 15.4 Å². The van der Waals surface area contributed by atoms with Gasteiger partial charge >= 0.3 is 0 Å². The van der Waals surface area contributed by atoms with Gasteiger partial charge in [0.25, 0.3) is 5.91 Å². The van der Waals surface area contributed by atoms with E-state index in [4.69, 9.17) is 4.74 Å². The van der Waals surface area contributed by atoms with E-state index < -0.39 is 0 Å². The molecule has 0 heterocycles. The lowest BCUT2D eigenvalue weighted by atomic mass is 10.2. The number of carbonyl (C=O) groups is 2. The fourth-order valence-corrected chi connectivity index (χ4v) is 2.67. The van der Waals surface area contributed by atoms with Gasteiger partial charge in [-0.25, -0.2) is 0 Å². The molecule has 6 heteroatoms. The Morgan fingerprint density at radius 2 is 1.62 bits per heavy atom. The van der Waals surface area contributed by atoms with Gasteiger partial charge in [-0.1, -0.05) is 18.2 Å². The fraction of sp³-hybridized carbons (Fsp3) is 0.222. The molecule has 0 aliphatic carbocycles. The molecule has 2 N–H and O–H groups in total. The average Bonchev–Trinajstić information content (AvgIpc) is 2.64. The second-order valence-corrected chi connectivity index (χ2v) is 5.98. The summed E-state index contributed by atoms with van der Waals surface area (Å²) in [4.78, 5) is 24.6. The van der Waals surface area contributed by atoms with E-state index in [0.717, 1.165) is 10.6 Å². The molecule has 126 valence electrons. The van der Waals surface area contributed by atoms with E-state index in [1.807, 2.05) is 42.5 Å². The number of amides is 2. The highest BCUT2D eigenvalue weighted by atomic mass is 32.2. The second kappa shape index (κ2) is 9.62. The topological polar surface area (TPSA) is 67.4 Å². The van der Waals surface area contributed by atoms with Crippen molar-refractivity contribution in [1.29, 1.82) is 0 Å². The Balaban J connectivity index is 1.62. The second-order valence-electron chi connectivity index (χ2n) is 4.94. The molecular formula is C18H20N2O3S. The molecule has 5 nitrogen and oxygen atoms in total. The van der Waals surface area contributed by atoms with Crippen molar-refractivity contribution >= 4 is 23.6 Å². The van der Waals surface area contributed by atoms with E-state index >= 15 is 0 Å². The maximum absolute atomic E-state index is 11.8. The lowest BCUT2D eigenvalue weighted by Crippen LogP contribution is -2.35. The van der Waals surface area contributed by atoms with E-state index in [9.17, 15) is 9.59 Å². The van der Waals surface area contributed by atoms with Crippen LogP contribution in [0.15, 0.2) is 59.5 Å². The van der Waals surface area contributed by atoms with Crippen LogP contribution in [0.3, 0.4) is 0 Å². The first kappa shape index (κ1) is 17.9. The Labute approximate surface area is 145 Å². The number of methoxy groups -OCH3 is 1. The third-order valence-corrected chi connectivity index (χ3v) is 4.21. The average molecular weight is 344 g/mol. The predicted octanol–water partition coefficient (Wildman–Crippen LogP) is 2.33. The highest BCUT2D eigenvalue weighted by Gasteiger charge is 2.05. The van der Waals surface area contributed by atoms with Crippen LogP contribution in [0.25, 0.3) is 0 Å². The monoisotopic (exact) mass is 344 g/mol. The summed E-state index contributed by atoms with van der Waals surface area (Å²) in [6.07, 6.45) is 0. The number of rotatable bonds is 8. The third-order valence-electron chi connectivity index (χ3n) is 3.20. The number of hydrogen-bond acceptors (Lipinski definition) is 4. The Morgan fingerprint density at radius 1 is 0.958 bits per heavy atom. The molecule has 0 saturated heterocycles. The first-order valence-corrected chi connectivity index (χ1v) is 8.54. The maximum Gasteiger partial charge on any atom is 0.251 e. The number of carbonyl (C=O) groups excluding carboxylic acids is 2. The van der Waals surface area contributed by atoms with Crippen LogP contribution in [-0.2, 0) is 4.79 Å². The summed E-state index contributed by atoms with van der Waals surface area (Å²) >= 11 is 1.45. The van der Waals surface area contributed by atoms with Crippen LogP contribution in [-0.4, -0.2) is 37.8 Å². The van der Waals surface area contributed by atoms with Crippen LogP contribution in [0.4, 0.5) is 0 Å². The van der Waals surface area contributed by atoms with Crippen molar-refractivity contribution in [3.05, 3.63) is 60.2 Å². The Bertz CT molecular complexity index is 660. The smallest absolute Gasteiger partial charge is 0.251 e. The summed E-state index contributed by atoms with van der Waals surface area (Å²) in [7, 11) is 1.62. The quantitative estimate of drug-likeness (QED) is 0.570. The fourth-order valence-electron chi connectivity index (χ4n) is 1.94. The first-order valence-electron chi connectivity index (χ1n) is 7.56. The predicted molar refractivity (Wildman–Crippen MR) is 95.5 cm³/mol. The van der Waals surface area contributed by atoms with Crippen molar-refractivity contribution in [1.82, 2.24) is 10.6 Å². The largest absolute Gasteiger partial charge is 0.497 e. The molecule has 0 spiro atoms. The standard InChI is InChI=1S/C18H20N2O3S/c1-23-15-7-9-16(10-8-15)24-13-17(21)19-11-12-20-18(22)14-5-3-2-4-6-14/h2-10H,11-13H2,1H3,(H,19,21)(H,20,22). The van der Waals surface area contributed by atoms with Gasteiger partial charge in [-0.3, -0.25) is 9.59 Å². The Kier molecular flexibility index (Phi) is 7.17. The van der Waals surface area contributed by atoms with Crippen LogP contribution in [0.2, 0.25) is 0 Å². The SMILES string of the molecule is COc1ccc(SCC(=O)NCCNC(=O)c2ccccc2)cc1. The molecule has 0 aromatic heterocycles. The summed E-state index contributed by atoms with van der Waals surface area (Å²) in [6, 6.07) is 16.5.